The maximum atomic E-state index is 13.2. The van der Waals surface area contributed by atoms with E-state index in [1.165, 1.54) is 6.08 Å². The molecule has 0 spiro atoms. The van der Waals surface area contributed by atoms with Gasteiger partial charge in [0.25, 0.3) is 5.91 Å². The molecule has 30 heavy (non-hydrogen) atoms. The Kier molecular flexibility index (Phi) is 6.81. The minimum absolute atomic E-state index is 0.141. The van der Waals surface area contributed by atoms with E-state index < -0.39 is 6.04 Å². The molecule has 1 aliphatic rings. The molecule has 1 unspecified atom stereocenters. The van der Waals surface area contributed by atoms with Crippen LogP contribution in [0.15, 0.2) is 48.5 Å². The molecule has 0 saturated heterocycles. The van der Waals surface area contributed by atoms with Gasteiger partial charge < -0.3 is 10.2 Å². The Morgan fingerprint density at radius 1 is 1.23 bits per heavy atom. The van der Waals surface area contributed by atoms with Crippen molar-refractivity contribution in [2.24, 2.45) is 0 Å². The Labute approximate surface area is 185 Å². The van der Waals surface area contributed by atoms with Gasteiger partial charge in [0.2, 0.25) is 5.91 Å². The van der Waals surface area contributed by atoms with Gasteiger partial charge in [-0.1, -0.05) is 47.5 Å². The number of nitriles is 1. The summed E-state index contributed by atoms with van der Waals surface area (Å²) >= 11 is 12.1. The lowest BCUT2D eigenvalue weighted by atomic mass is 10.0. The van der Waals surface area contributed by atoms with E-state index in [9.17, 15) is 14.9 Å². The van der Waals surface area contributed by atoms with Crippen LogP contribution in [0.2, 0.25) is 10.0 Å². The summed E-state index contributed by atoms with van der Waals surface area (Å²) < 4.78 is 0. The number of benzene rings is 2. The van der Waals surface area contributed by atoms with Crippen molar-refractivity contribution in [3.8, 4) is 6.07 Å². The summed E-state index contributed by atoms with van der Waals surface area (Å²) in [5.74, 6) is -0.580. The third kappa shape index (κ3) is 4.67. The Hall–Kier alpha value is -2.81. The predicted molar refractivity (Wildman–Crippen MR) is 119 cm³/mol. The molecule has 2 aromatic carbocycles. The normalized spacial score (nSPS) is 15.9. The predicted octanol–water partition coefficient (Wildman–Crippen LogP) is 4.77. The van der Waals surface area contributed by atoms with Gasteiger partial charge >= 0.3 is 0 Å². The molecule has 1 N–H and O–H groups in total. The zero-order valence-electron chi connectivity index (χ0n) is 16.7. The monoisotopic (exact) mass is 441 g/mol. The number of hydrogen-bond donors (Lipinski definition) is 1. The van der Waals surface area contributed by atoms with E-state index >= 15 is 0 Å². The van der Waals surface area contributed by atoms with Crippen molar-refractivity contribution in [1.82, 2.24) is 5.32 Å². The summed E-state index contributed by atoms with van der Waals surface area (Å²) in [5, 5.41) is 13.4. The second kappa shape index (κ2) is 9.34. The van der Waals surface area contributed by atoms with Gasteiger partial charge in [0.15, 0.2) is 0 Å². The number of allylic oxidation sites excluding steroid dienone is 1. The van der Waals surface area contributed by atoms with Gasteiger partial charge in [-0.2, -0.15) is 5.26 Å². The summed E-state index contributed by atoms with van der Waals surface area (Å²) in [7, 11) is 0. The van der Waals surface area contributed by atoms with Gasteiger partial charge in [-0.3, -0.25) is 9.59 Å². The van der Waals surface area contributed by atoms with E-state index in [4.69, 9.17) is 23.2 Å². The van der Waals surface area contributed by atoms with Crippen LogP contribution in [0.25, 0.3) is 5.57 Å². The molecule has 0 bridgehead atoms. The lowest BCUT2D eigenvalue weighted by Gasteiger charge is -2.29. The molecule has 1 atom stereocenters. The van der Waals surface area contributed by atoms with Crippen LogP contribution >= 0.6 is 23.2 Å². The quantitative estimate of drug-likeness (QED) is 0.725. The van der Waals surface area contributed by atoms with Crippen molar-refractivity contribution in [2.75, 3.05) is 4.90 Å². The van der Waals surface area contributed by atoms with Crippen LogP contribution in [0.5, 0.6) is 0 Å². The Bertz CT molecular complexity index is 1060. The maximum absolute atomic E-state index is 13.2. The topological polar surface area (TPSA) is 73.2 Å². The first kappa shape index (κ1) is 21.9. The smallest absolute Gasteiger partial charge is 0.253 e. The molecule has 0 saturated carbocycles. The van der Waals surface area contributed by atoms with E-state index in [0.29, 0.717) is 33.3 Å². The third-order valence-corrected chi connectivity index (χ3v) is 5.47. The number of aryl methyl sites for hydroxylation is 1. The van der Waals surface area contributed by atoms with E-state index in [0.717, 1.165) is 5.56 Å². The van der Waals surface area contributed by atoms with Crippen LogP contribution in [0, 0.1) is 11.3 Å². The molecule has 2 aromatic rings. The molecule has 3 rings (SSSR count). The van der Waals surface area contributed by atoms with Gasteiger partial charge in [0.1, 0.15) is 6.04 Å². The van der Waals surface area contributed by atoms with E-state index in [1.54, 1.807) is 29.2 Å². The first-order valence-electron chi connectivity index (χ1n) is 9.59. The first-order valence-corrected chi connectivity index (χ1v) is 10.3. The molecular formula is C23H21Cl2N3O2. The summed E-state index contributed by atoms with van der Waals surface area (Å²) in [6.45, 7) is 3.79. The number of amides is 2. The first-order chi connectivity index (χ1) is 14.3. The van der Waals surface area contributed by atoms with E-state index in [1.807, 2.05) is 32.0 Å². The van der Waals surface area contributed by atoms with Gasteiger partial charge in [-0.05, 0) is 50.1 Å². The Balaban J connectivity index is 1.82. The minimum atomic E-state index is -0.928. The summed E-state index contributed by atoms with van der Waals surface area (Å²) in [6, 6.07) is 13.5. The van der Waals surface area contributed by atoms with Gasteiger partial charge in [-0.25, -0.2) is 0 Å². The van der Waals surface area contributed by atoms with Crippen LogP contribution in [-0.4, -0.2) is 23.9 Å². The van der Waals surface area contributed by atoms with Crippen molar-refractivity contribution in [2.45, 2.75) is 38.8 Å². The lowest BCUT2D eigenvalue weighted by molar-refractivity contribution is -0.126. The molecule has 0 aliphatic carbocycles. The number of nitrogens with zero attached hydrogens (tertiary/aromatic N) is 2. The highest BCUT2D eigenvalue weighted by Gasteiger charge is 2.32. The maximum Gasteiger partial charge on any atom is 0.253 e. The molecule has 0 radical (unpaired) electrons. The molecule has 1 heterocycles. The highest BCUT2D eigenvalue weighted by Crippen LogP contribution is 2.32. The number of para-hydroxylation sites is 1. The van der Waals surface area contributed by atoms with Crippen LogP contribution in [0.4, 0.5) is 5.69 Å². The number of carbonyl (C=O) groups is 2. The number of rotatable bonds is 5. The van der Waals surface area contributed by atoms with Crippen LogP contribution in [0.3, 0.4) is 0 Å². The van der Waals surface area contributed by atoms with Crippen molar-refractivity contribution in [3.05, 3.63) is 69.7 Å². The fourth-order valence-electron chi connectivity index (χ4n) is 3.46. The van der Waals surface area contributed by atoms with Crippen molar-refractivity contribution in [3.63, 3.8) is 0 Å². The second-order valence-corrected chi connectivity index (χ2v) is 8.14. The number of hydrogen-bond acceptors (Lipinski definition) is 3. The van der Waals surface area contributed by atoms with Crippen molar-refractivity contribution < 1.29 is 9.59 Å². The summed E-state index contributed by atoms with van der Waals surface area (Å²) in [4.78, 5) is 27.5. The Morgan fingerprint density at radius 2 is 1.97 bits per heavy atom. The number of carbonyl (C=O) groups excluding carboxylic acids is 2. The largest absolute Gasteiger partial charge is 0.341 e. The fourth-order valence-corrected chi connectivity index (χ4v) is 3.96. The number of fused-ring (bicyclic) bond motifs is 1. The van der Waals surface area contributed by atoms with E-state index in [-0.39, 0.29) is 24.3 Å². The van der Waals surface area contributed by atoms with Gasteiger partial charge in [0, 0.05) is 28.1 Å². The van der Waals surface area contributed by atoms with Gasteiger partial charge in [0.05, 0.1) is 17.3 Å². The van der Waals surface area contributed by atoms with Crippen LogP contribution < -0.4 is 10.2 Å². The average molecular weight is 442 g/mol. The highest BCUT2D eigenvalue weighted by atomic mass is 35.5. The highest BCUT2D eigenvalue weighted by molar-refractivity contribution is 6.35. The zero-order valence-corrected chi connectivity index (χ0v) is 18.2. The SMILES string of the molecule is CC(C)N1C(=O)C(NC(=O)CCc2ccc(Cl)cc2Cl)C=C(C#N)c2ccccc21. The Morgan fingerprint density at radius 3 is 2.63 bits per heavy atom. The molecule has 5 nitrogen and oxygen atoms in total. The average Bonchev–Trinajstić information content (AvgIpc) is 2.82. The van der Waals surface area contributed by atoms with Crippen molar-refractivity contribution in [1.29, 1.82) is 5.26 Å². The minimum Gasteiger partial charge on any atom is -0.341 e. The molecule has 0 aromatic heterocycles. The number of anilines is 1. The fraction of sp³-hybridized carbons (Fsp3) is 0.261. The van der Waals surface area contributed by atoms with Crippen LogP contribution in [0.1, 0.15) is 31.4 Å². The molecule has 1 aliphatic heterocycles. The van der Waals surface area contributed by atoms with Crippen LogP contribution in [-0.2, 0) is 16.0 Å². The molecule has 2 amide bonds. The van der Waals surface area contributed by atoms with E-state index in [2.05, 4.69) is 11.4 Å². The number of halogens is 2. The zero-order chi connectivity index (χ0) is 21.8. The lowest BCUT2D eigenvalue weighted by Crippen LogP contribution is -2.49. The van der Waals surface area contributed by atoms with Crippen molar-refractivity contribution >= 4 is 46.3 Å². The summed E-state index contributed by atoms with van der Waals surface area (Å²) in [5.41, 5.74) is 2.49. The molecule has 0 fully saturated rings. The third-order valence-electron chi connectivity index (χ3n) is 4.88. The molecular weight excluding hydrogens is 421 g/mol. The summed E-state index contributed by atoms with van der Waals surface area (Å²) in [6.07, 6.45) is 2.08. The molecule has 154 valence electrons. The molecule has 7 heteroatoms. The van der Waals surface area contributed by atoms with Gasteiger partial charge in [-0.15, -0.1) is 0 Å². The number of nitrogens with one attached hydrogen (secondary N) is 1. The second-order valence-electron chi connectivity index (χ2n) is 7.29. The standard InChI is InChI=1S/C23H21Cl2N3O2/c1-14(2)28-21-6-4-3-5-18(21)16(13-26)11-20(23(28)30)27-22(29)10-8-15-7-9-17(24)12-19(15)25/h3-7,9,11-12,14,20H,8,10H2,1-2H3,(H,27,29).